The monoisotopic (exact) mass is 435 g/mol. The van der Waals surface area contributed by atoms with E-state index in [1.165, 1.54) is 6.07 Å². The van der Waals surface area contributed by atoms with Crippen molar-refractivity contribution in [3.05, 3.63) is 35.4 Å². The predicted molar refractivity (Wildman–Crippen MR) is 112 cm³/mol. The minimum atomic E-state index is -1.02. The van der Waals surface area contributed by atoms with Crippen LogP contribution in [0.1, 0.15) is 42.5 Å². The molecular weight excluding hydrogens is 404 g/mol. The summed E-state index contributed by atoms with van der Waals surface area (Å²) in [5, 5.41) is 0. The highest BCUT2D eigenvalue weighted by atomic mass is 19.2. The van der Waals surface area contributed by atoms with Gasteiger partial charge >= 0.3 is 0 Å². The Balaban J connectivity index is 1.37. The molecule has 6 nitrogen and oxygen atoms in total. The van der Waals surface area contributed by atoms with Gasteiger partial charge in [-0.2, -0.15) is 0 Å². The van der Waals surface area contributed by atoms with Crippen molar-refractivity contribution in [2.75, 3.05) is 52.5 Å². The third-order valence-electron chi connectivity index (χ3n) is 6.77. The van der Waals surface area contributed by atoms with Crippen molar-refractivity contribution < 1.29 is 23.1 Å². The van der Waals surface area contributed by atoms with Gasteiger partial charge in [-0.25, -0.2) is 8.78 Å². The van der Waals surface area contributed by atoms with Crippen LogP contribution in [0.25, 0.3) is 0 Å². The van der Waals surface area contributed by atoms with Crippen LogP contribution in [0, 0.1) is 17.6 Å². The molecule has 0 N–H and O–H groups in total. The Morgan fingerprint density at radius 2 is 1.84 bits per heavy atom. The highest BCUT2D eigenvalue weighted by molar-refractivity contribution is 5.94. The van der Waals surface area contributed by atoms with Gasteiger partial charge in [-0.15, -0.1) is 0 Å². The number of halogens is 2. The summed E-state index contributed by atoms with van der Waals surface area (Å²) in [7, 11) is 0. The van der Waals surface area contributed by atoms with E-state index in [1.807, 2.05) is 4.90 Å². The van der Waals surface area contributed by atoms with Crippen molar-refractivity contribution in [2.24, 2.45) is 5.92 Å². The van der Waals surface area contributed by atoms with Gasteiger partial charge in [-0.05, 0) is 43.9 Å². The van der Waals surface area contributed by atoms with Gasteiger partial charge in [0.05, 0.1) is 19.3 Å². The first kappa shape index (κ1) is 22.1. The van der Waals surface area contributed by atoms with E-state index in [0.717, 1.165) is 70.7 Å². The maximum Gasteiger partial charge on any atom is 0.254 e. The molecule has 1 saturated carbocycles. The van der Waals surface area contributed by atoms with Crippen molar-refractivity contribution >= 4 is 11.8 Å². The molecule has 170 valence electrons. The summed E-state index contributed by atoms with van der Waals surface area (Å²) in [5.74, 6) is -1.98. The van der Waals surface area contributed by atoms with E-state index in [-0.39, 0.29) is 29.3 Å². The molecule has 0 bridgehead atoms. The van der Waals surface area contributed by atoms with Gasteiger partial charge in [0.25, 0.3) is 5.91 Å². The molecule has 1 unspecified atom stereocenters. The molecule has 4 rings (SSSR count). The summed E-state index contributed by atoms with van der Waals surface area (Å²) >= 11 is 0. The lowest BCUT2D eigenvalue weighted by atomic mass is 9.84. The first-order valence-corrected chi connectivity index (χ1v) is 11.4. The standard InChI is InChI=1S/C23H31F2N3O3/c24-20-6-5-18(15-21(20)25)22(29)27-10-7-19(16-27)28(23(30)17-3-1-4-17)9-2-8-26-11-13-31-14-12-26/h5-6,15,17,19H,1-4,7-14,16H2. The average molecular weight is 436 g/mol. The molecule has 0 spiro atoms. The van der Waals surface area contributed by atoms with Crippen LogP contribution in [0.3, 0.4) is 0 Å². The van der Waals surface area contributed by atoms with Crippen LogP contribution in [0.4, 0.5) is 8.78 Å². The van der Waals surface area contributed by atoms with Crippen molar-refractivity contribution in [1.82, 2.24) is 14.7 Å². The number of carbonyl (C=O) groups excluding carboxylic acids is 2. The van der Waals surface area contributed by atoms with Gasteiger partial charge < -0.3 is 14.5 Å². The molecule has 3 aliphatic rings. The minimum absolute atomic E-state index is 0.0213. The molecular formula is C23H31F2N3O3. The van der Waals surface area contributed by atoms with Crippen LogP contribution in [0.5, 0.6) is 0 Å². The quantitative estimate of drug-likeness (QED) is 0.661. The molecule has 2 aliphatic heterocycles. The van der Waals surface area contributed by atoms with Crippen LogP contribution >= 0.6 is 0 Å². The normalized spacial score (nSPS) is 22.4. The SMILES string of the molecule is O=C(c1ccc(F)c(F)c1)N1CCC(N(CCCN2CCOCC2)C(=O)C2CCC2)C1. The number of hydrogen-bond acceptors (Lipinski definition) is 4. The lowest BCUT2D eigenvalue weighted by molar-refractivity contribution is -0.140. The second-order valence-corrected chi connectivity index (χ2v) is 8.79. The van der Waals surface area contributed by atoms with Crippen LogP contribution in [-0.2, 0) is 9.53 Å². The summed E-state index contributed by atoms with van der Waals surface area (Å²) in [4.78, 5) is 31.9. The van der Waals surface area contributed by atoms with Gasteiger partial charge in [0.2, 0.25) is 5.91 Å². The molecule has 31 heavy (non-hydrogen) atoms. The summed E-state index contributed by atoms with van der Waals surface area (Å²) in [5.41, 5.74) is 0.142. The van der Waals surface area contributed by atoms with E-state index in [1.54, 1.807) is 4.90 Å². The highest BCUT2D eigenvalue weighted by Crippen LogP contribution is 2.30. The minimum Gasteiger partial charge on any atom is -0.379 e. The van der Waals surface area contributed by atoms with Gasteiger partial charge in [0.1, 0.15) is 0 Å². The van der Waals surface area contributed by atoms with E-state index < -0.39 is 11.6 Å². The molecule has 1 atom stereocenters. The maximum absolute atomic E-state index is 13.6. The molecule has 1 aliphatic carbocycles. The second kappa shape index (κ2) is 10.0. The Hall–Kier alpha value is -2.06. The first-order valence-electron chi connectivity index (χ1n) is 11.4. The lowest BCUT2D eigenvalue weighted by Crippen LogP contribution is -2.48. The topological polar surface area (TPSA) is 53.1 Å². The van der Waals surface area contributed by atoms with Crippen LogP contribution in [-0.4, -0.2) is 85.0 Å². The summed E-state index contributed by atoms with van der Waals surface area (Å²) in [6.07, 6.45) is 4.60. The second-order valence-electron chi connectivity index (χ2n) is 8.79. The van der Waals surface area contributed by atoms with Gasteiger partial charge in [0.15, 0.2) is 11.6 Å². The Morgan fingerprint density at radius 1 is 1.06 bits per heavy atom. The summed E-state index contributed by atoms with van der Waals surface area (Å²) < 4.78 is 32.2. The Bertz CT molecular complexity index is 796. The first-order chi connectivity index (χ1) is 15.0. The molecule has 2 saturated heterocycles. The fourth-order valence-corrected chi connectivity index (χ4v) is 4.64. The third kappa shape index (κ3) is 5.23. The fourth-order valence-electron chi connectivity index (χ4n) is 4.64. The molecule has 0 radical (unpaired) electrons. The van der Waals surface area contributed by atoms with Crippen LogP contribution in [0.2, 0.25) is 0 Å². The fraction of sp³-hybridized carbons (Fsp3) is 0.652. The number of rotatable bonds is 7. The molecule has 2 heterocycles. The molecule has 8 heteroatoms. The molecule has 2 amide bonds. The Labute approximate surface area is 182 Å². The lowest BCUT2D eigenvalue weighted by Gasteiger charge is -2.36. The van der Waals surface area contributed by atoms with Crippen molar-refractivity contribution in [2.45, 2.75) is 38.1 Å². The average Bonchev–Trinajstić information content (AvgIpc) is 3.22. The van der Waals surface area contributed by atoms with E-state index >= 15 is 0 Å². The Kier molecular flexibility index (Phi) is 7.17. The summed E-state index contributed by atoms with van der Waals surface area (Å²) in [6, 6.07) is 3.22. The van der Waals surface area contributed by atoms with E-state index in [4.69, 9.17) is 4.74 Å². The van der Waals surface area contributed by atoms with Gasteiger partial charge in [-0.1, -0.05) is 6.42 Å². The number of nitrogens with zero attached hydrogens (tertiary/aromatic N) is 3. The maximum atomic E-state index is 13.6. The number of carbonyl (C=O) groups is 2. The van der Waals surface area contributed by atoms with Crippen molar-refractivity contribution in [3.63, 3.8) is 0 Å². The van der Waals surface area contributed by atoms with Crippen molar-refractivity contribution in [1.29, 1.82) is 0 Å². The largest absolute Gasteiger partial charge is 0.379 e. The van der Waals surface area contributed by atoms with Crippen LogP contribution in [0.15, 0.2) is 18.2 Å². The molecule has 1 aromatic carbocycles. The number of ether oxygens (including phenoxy) is 1. The molecule has 0 aromatic heterocycles. The molecule has 3 fully saturated rings. The zero-order valence-electron chi connectivity index (χ0n) is 17.9. The number of benzene rings is 1. The van der Waals surface area contributed by atoms with Crippen molar-refractivity contribution in [3.8, 4) is 0 Å². The van der Waals surface area contributed by atoms with Gasteiger partial charge in [0, 0.05) is 50.7 Å². The van der Waals surface area contributed by atoms with Crippen LogP contribution < -0.4 is 0 Å². The third-order valence-corrected chi connectivity index (χ3v) is 6.77. The number of morpholine rings is 1. The zero-order valence-corrected chi connectivity index (χ0v) is 17.9. The van der Waals surface area contributed by atoms with E-state index in [2.05, 4.69) is 4.90 Å². The summed E-state index contributed by atoms with van der Waals surface area (Å²) in [6.45, 7) is 5.94. The van der Waals surface area contributed by atoms with E-state index in [0.29, 0.717) is 26.1 Å². The predicted octanol–water partition coefficient (Wildman–Crippen LogP) is 2.53. The zero-order chi connectivity index (χ0) is 21.8. The Morgan fingerprint density at radius 3 is 2.52 bits per heavy atom. The van der Waals surface area contributed by atoms with E-state index in [9.17, 15) is 18.4 Å². The smallest absolute Gasteiger partial charge is 0.254 e. The molecule has 1 aromatic rings. The number of likely N-dealkylation sites (tertiary alicyclic amines) is 1. The van der Waals surface area contributed by atoms with Gasteiger partial charge in [-0.3, -0.25) is 14.5 Å². The number of hydrogen-bond donors (Lipinski definition) is 0. The number of amides is 2. The highest BCUT2D eigenvalue weighted by Gasteiger charge is 2.37.